The first-order valence-electron chi connectivity index (χ1n) is 3.16. The molecule has 0 spiro atoms. The van der Waals surface area contributed by atoms with E-state index in [0.29, 0.717) is 6.73 Å². The highest BCUT2D eigenvalue weighted by Gasteiger charge is 2.14. The molecular formula is C6H12N2O. The van der Waals surface area contributed by atoms with Gasteiger partial charge in [0.05, 0.1) is 5.84 Å². The van der Waals surface area contributed by atoms with Gasteiger partial charge in [0.15, 0.2) is 0 Å². The van der Waals surface area contributed by atoms with Crippen LogP contribution in [0.3, 0.4) is 0 Å². The Bertz CT molecular complexity index is 114. The summed E-state index contributed by atoms with van der Waals surface area (Å²) in [7, 11) is 1.66. The molecule has 3 heteroatoms. The molecule has 0 saturated carbocycles. The van der Waals surface area contributed by atoms with Gasteiger partial charge in [0.2, 0.25) is 0 Å². The molecule has 0 radical (unpaired) electrons. The van der Waals surface area contributed by atoms with Gasteiger partial charge < -0.3 is 9.64 Å². The third kappa shape index (κ3) is 1.42. The fourth-order valence-corrected chi connectivity index (χ4v) is 1.03. The van der Waals surface area contributed by atoms with Crippen LogP contribution in [0.15, 0.2) is 0 Å². The Morgan fingerprint density at radius 1 is 1.78 bits per heavy atom. The molecule has 1 rings (SSSR count). The van der Waals surface area contributed by atoms with Gasteiger partial charge in [-0.05, 0) is 6.42 Å². The van der Waals surface area contributed by atoms with Crippen molar-refractivity contribution in [2.45, 2.75) is 12.8 Å². The monoisotopic (exact) mass is 128 g/mol. The zero-order valence-corrected chi connectivity index (χ0v) is 5.68. The molecule has 1 N–H and O–H groups in total. The minimum Gasteiger partial charge on any atom is -0.364 e. The molecule has 0 aromatic carbocycles. The molecule has 0 aromatic heterocycles. The number of ether oxygens (including phenoxy) is 1. The summed E-state index contributed by atoms with van der Waals surface area (Å²) in [4.78, 5) is 1.94. The van der Waals surface area contributed by atoms with E-state index in [0.717, 1.165) is 25.2 Å². The fraction of sp³-hybridized carbons (Fsp3) is 0.833. The predicted octanol–water partition coefficient (Wildman–Crippen LogP) is 0.663. The molecule has 3 nitrogen and oxygen atoms in total. The van der Waals surface area contributed by atoms with Crippen LogP contribution in [0.2, 0.25) is 0 Å². The fourth-order valence-electron chi connectivity index (χ4n) is 1.03. The standard InChI is InChI=1S/C6H12N2O/c1-9-5-8-4-2-3-6(8)7/h7H,2-5H2,1H3. The van der Waals surface area contributed by atoms with Crippen molar-refractivity contribution >= 4 is 5.84 Å². The molecule has 0 amide bonds. The van der Waals surface area contributed by atoms with E-state index in [9.17, 15) is 0 Å². The summed E-state index contributed by atoms with van der Waals surface area (Å²) in [6.07, 6.45) is 2.03. The largest absolute Gasteiger partial charge is 0.364 e. The number of rotatable bonds is 2. The van der Waals surface area contributed by atoms with Gasteiger partial charge in [0, 0.05) is 20.1 Å². The van der Waals surface area contributed by atoms with Crippen LogP contribution in [0.1, 0.15) is 12.8 Å². The van der Waals surface area contributed by atoms with E-state index < -0.39 is 0 Å². The zero-order chi connectivity index (χ0) is 6.69. The number of hydrogen-bond acceptors (Lipinski definition) is 2. The zero-order valence-electron chi connectivity index (χ0n) is 5.68. The van der Waals surface area contributed by atoms with Crippen LogP contribution in [0.4, 0.5) is 0 Å². The predicted molar refractivity (Wildman–Crippen MR) is 35.5 cm³/mol. The smallest absolute Gasteiger partial charge is 0.119 e. The molecule has 1 aliphatic heterocycles. The van der Waals surface area contributed by atoms with Crippen molar-refractivity contribution in [3.63, 3.8) is 0 Å². The Morgan fingerprint density at radius 2 is 2.56 bits per heavy atom. The van der Waals surface area contributed by atoms with Gasteiger partial charge >= 0.3 is 0 Å². The minimum absolute atomic E-state index is 0.582. The van der Waals surface area contributed by atoms with Crippen molar-refractivity contribution in [2.24, 2.45) is 0 Å². The summed E-state index contributed by atoms with van der Waals surface area (Å²) in [5.74, 6) is 0.719. The van der Waals surface area contributed by atoms with Gasteiger partial charge in [-0.2, -0.15) is 0 Å². The lowest BCUT2D eigenvalue weighted by atomic mass is 10.4. The van der Waals surface area contributed by atoms with Gasteiger partial charge in [-0.1, -0.05) is 0 Å². The van der Waals surface area contributed by atoms with Crippen molar-refractivity contribution in [2.75, 3.05) is 20.4 Å². The van der Waals surface area contributed by atoms with Crippen molar-refractivity contribution in [1.29, 1.82) is 5.41 Å². The van der Waals surface area contributed by atoms with E-state index in [1.807, 2.05) is 4.90 Å². The third-order valence-electron chi connectivity index (χ3n) is 1.51. The summed E-state index contributed by atoms with van der Waals surface area (Å²) in [5.41, 5.74) is 0. The summed E-state index contributed by atoms with van der Waals surface area (Å²) < 4.78 is 4.88. The van der Waals surface area contributed by atoms with Crippen molar-refractivity contribution in [3.8, 4) is 0 Å². The number of nitrogens with one attached hydrogen (secondary N) is 1. The highest BCUT2D eigenvalue weighted by atomic mass is 16.5. The first-order chi connectivity index (χ1) is 4.34. The van der Waals surface area contributed by atoms with Gasteiger partial charge in [-0.25, -0.2) is 0 Å². The molecule has 0 aliphatic carbocycles. The minimum atomic E-state index is 0.582. The van der Waals surface area contributed by atoms with Crippen LogP contribution in [0.5, 0.6) is 0 Å². The average molecular weight is 128 g/mol. The lowest BCUT2D eigenvalue weighted by molar-refractivity contribution is 0.115. The Balaban J connectivity index is 2.31. The summed E-state index contributed by atoms with van der Waals surface area (Å²) in [6.45, 7) is 1.57. The highest BCUT2D eigenvalue weighted by molar-refractivity contribution is 5.80. The molecular weight excluding hydrogens is 116 g/mol. The van der Waals surface area contributed by atoms with Crippen LogP contribution < -0.4 is 0 Å². The van der Waals surface area contributed by atoms with Gasteiger partial charge in [0.25, 0.3) is 0 Å². The lowest BCUT2D eigenvalue weighted by Crippen LogP contribution is -2.25. The summed E-state index contributed by atoms with van der Waals surface area (Å²) >= 11 is 0. The summed E-state index contributed by atoms with van der Waals surface area (Å²) in [5, 5.41) is 7.36. The second-order valence-corrected chi connectivity index (χ2v) is 2.23. The maximum absolute atomic E-state index is 7.36. The first kappa shape index (κ1) is 6.55. The van der Waals surface area contributed by atoms with E-state index in [1.165, 1.54) is 0 Å². The Morgan fingerprint density at radius 3 is 3.00 bits per heavy atom. The van der Waals surface area contributed by atoms with Crippen LogP contribution in [-0.2, 0) is 4.74 Å². The summed E-state index contributed by atoms with van der Waals surface area (Å²) in [6, 6.07) is 0. The quantitative estimate of drug-likeness (QED) is 0.593. The van der Waals surface area contributed by atoms with Crippen LogP contribution in [-0.4, -0.2) is 31.1 Å². The second kappa shape index (κ2) is 2.82. The number of amidine groups is 1. The SMILES string of the molecule is COCN1CCCC1=N. The van der Waals surface area contributed by atoms with Crippen LogP contribution in [0, 0.1) is 5.41 Å². The molecule has 0 aromatic rings. The van der Waals surface area contributed by atoms with Crippen LogP contribution in [0.25, 0.3) is 0 Å². The van der Waals surface area contributed by atoms with Gasteiger partial charge in [0.1, 0.15) is 6.73 Å². The molecule has 1 heterocycles. The lowest BCUT2D eigenvalue weighted by Gasteiger charge is -2.14. The number of hydrogen-bond donors (Lipinski definition) is 1. The molecule has 0 atom stereocenters. The number of likely N-dealkylation sites (tertiary alicyclic amines) is 1. The molecule has 1 saturated heterocycles. The topological polar surface area (TPSA) is 36.3 Å². The van der Waals surface area contributed by atoms with E-state index in [-0.39, 0.29) is 0 Å². The first-order valence-corrected chi connectivity index (χ1v) is 3.16. The van der Waals surface area contributed by atoms with Gasteiger partial charge in [-0.15, -0.1) is 0 Å². The molecule has 0 unspecified atom stereocenters. The highest BCUT2D eigenvalue weighted by Crippen LogP contribution is 2.08. The Kier molecular flexibility index (Phi) is 2.05. The van der Waals surface area contributed by atoms with E-state index in [1.54, 1.807) is 7.11 Å². The number of nitrogens with zero attached hydrogens (tertiary/aromatic N) is 1. The van der Waals surface area contributed by atoms with Crippen molar-refractivity contribution in [1.82, 2.24) is 4.90 Å². The molecule has 9 heavy (non-hydrogen) atoms. The second-order valence-electron chi connectivity index (χ2n) is 2.23. The average Bonchev–Trinajstić information content (AvgIpc) is 2.18. The van der Waals surface area contributed by atoms with Crippen molar-refractivity contribution < 1.29 is 4.74 Å². The molecule has 52 valence electrons. The molecule has 1 aliphatic rings. The van der Waals surface area contributed by atoms with E-state index >= 15 is 0 Å². The van der Waals surface area contributed by atoms with Crippen molar-refractivity contribution in [3.05, 3.63) is 0 Å². The maximum Gasteiger partial charge on any atom is 0.119 e. The normalized spacial score (nSPS) is 19.2. The van der Waals surface area contributed by atoms with E-state index in [4.69, 9.17) is 10.1 Å². The molecule has 0 bridgehead atoms. The van der Waals surface area contributed by atoms with Crippen LogP contribution >= 0.6 is 0 Å². The third-order valence-corrected chi connectivity index (χ3v) is 1.51. The van der Waals surface area contributed by atoms with Gasteiger partial charge in [-0.3, -0.25) is 5.41 Å². The Hall–Kier alpha value is -0.570. The van der Waals surface area contributed by atoms with E-state index in [2.05, 4.69) is 0 Å². The maximum atomic E-state index is 7.36. The Labute approximate surface area is 55.1 Å². The molecule has 1 fully saturated rings. The number of methoxy groups -OCH3 is 1.